The summed E-state index contributed by atoms with van der Waals surface area (Å²) < 4.78 is 32.0. The Kier molecular flexibility index (Phi) is 4.29. The third kappa shape index (κ3) is 2.59. The van der Waals surface area contributed by atoms with Crippen molar-refractivity contribution in [3.63, 3.8) is 0 Å². The number of sulfone groups is 1. The van der Waals surface area contributed by atoms with Gasteiger partial charge in [0.15, 0.2) is 5.60 Å². The normalized spacial score (nSPS) is 16.4. The average molecular weight is 356 g/mol. The molecule has 0 fully saturated rings. The number of hydrogen-bond donors (Lipinski definition) is 0. The van der Waals surface area contributed by atoms with Gasteiger partial charge in [-0.2, -0.15) is 0 Å². The summed E-state index contributed by atoms with van der Waals surface area (Å²) in [6.45, 7) is 7.22. The van der Waals surface area contributed by atoms with Crippen molar-refractivity contribution in [1.29, 1.82) is 0 Å². The molecule has 0 saturated carbocycles. The van der Waals surface area contributed by atoms with E-state index in [-0.39, 0.29) is 15.4 Å². The molecule has 0 unspecified atom stereocenters. The van der Waals surface area contributed by atoms with E-state index in [0.29, 0.717) is 24.0 Å². The zero-order valence-electron chi connectivity index (χ0n) is 14.3. The van der Waals surface area contributed by atoms with Crippen LogP contribution in [0, 0.1) is 0 Å². The summed E-state index contributed by atoms with van der Waals surface area (Å²) in [6, 6.07) is 13.5. The van der Waals surface area contributed by atoms with Crippen LogP contribution in [-0.4, -0.2) is 14.4 Å². The standard InChI is InChI=1S/C20H20O4S/c1-4-13-20(24-19(21)14(2)3)15-9-5-7-11-17(15)25(22,23)18-12-8-6-10-16(18)20/h5-12H,2,4,13H2,1,3H3. The fourth-order valence-corrected chi connectivity index (χ4v) is 5.16. The molecule has 2 aromatic carbocycles. The van der Waals surface area contributed by atoms with E-state index >= 15 is 0 Å². The van der Waals surface area contributed by atoms with Gasteiger partial charge in [0.1, 0.15) is 0 Å². The van der Waals surface area contributed by atoms with Gasteiger partial charge in [-0.3, -0.25) is 0 Å². The second-order valence-corrected chi connectivity index (χ2v) is 8.13. The molecule has 4 nitrogen and oxygen atoms in total. The molecule has 130 valence electrons. The second-order valence-electron chi connectivity index (χ2n) is 6.24. The highest BCUT2D eigenvalue weighted by Gasteiger charge is 2.48. The predicted octanol–water partition coefficient (Wildman–Crippen LogP) is 4.00. The lowest BCUT2D eigenvalue weighted by Gasteiger charge is -2.39. The van der Waals surface area contributed by atoms with Gasteiger partial charge in [0.2, 0.25) is 9.84 Å². The van der Waals surface area contributed by atoms with Crippen molar-refractivity contribution < 1.29 is 17.9 Å². The van der Waals surface area contributed by atoms with Crippen LogP contribution < -0.4 is 0 Å². The highest BCUT2D eigenvalue weighted by atomic mass is 32.2. The third-order valence-electron chi connectivity index (χ3n) is 4.44. The monoisotopic (exact) mass is 356 g/mol. The summed E-state index contributed by atoms with van der Waals surface area (Å²) in [5.41, 5.74) is 0.151. The Morgan fingerprint density at radius 2 is 1.52 bits per heavy atom. The molecule has 2 aromatic rings. The number of carbonyl (C=O) groups is 1. The van der Waals surface area contributed by atoms with Gasteiger partial charge in [0, 0.05) is 16.7 Å². The zero-order valence-corrected chi connectivity index (χ0v) is 15.1. The third-order valence-corrected chi connectivity index (χ3v) is 6.31. The summed E-state index contributed by atoms with van der Waals surface area (Å²) in [6.07, 6.45) is 1.20. The number of esters is 1. The van der Waals surface area contributed by atoms with Crippen molar-refractivity contribution in [3.05, 3.63) is 71.8 Å². The molecule has 25 heavy (non-hydrogen) atoms. The minimum absolute atomic E-state index is 0.191. The first kappa shape index (κ1) is 17.4. The van der Waals surface area contributed by atoms with Crippen LogP contribution >= 0.6 is 0 Å². The minimum atomic E-state index is -3.66. The van der Waals surface area contributed by atoms with Crippen LogP contribution in [0.2, 0.25) is 0 Å². The van der Waals surface area contributed by atoms with E-state index in [4.69, 9.17) is 4.74 Å². The molecular weight excluding hydrogens is 336 g/mol. The molecule has 0 amide bonds. The smallest absolute Gasteiger partial charge is 0.334 e. The summed E-state index contributed by atoms with van der Waals surface area (Å²) in [5, 5.41) is 0. The minimum Gasteiger partial charge on any atom is -0.446 e. The van der Waals surface area contributed by atoms with Gasteiger partial charge >= 0.3 is 5.97 Å². The van der Waals surface area contributed by atoms with Crippen LogP contribution in [0.25, 0.3) is 0 Å². The molecule has 1 aliphatic heterocycles. The predicted molar refractivity (Wildman–Crippen MR) is 94.9 cm³/mol. The number of ether oxygens (including phenoxy) is 1. The molecular formula is C20H20O4S. The van der Waals surface area contributed by atoms with E-state index in [1.807, 2.05) is 6.92 Å². The number of fused-ring (bicyclic) bond motifs is 2. The molecule has 0 aliphatic carbocycles. The van der Waals surface area contributed by atoms with Crippen LogP contribution in [0.5, 0.6) is 0 Å². The highest BCUT2D eigenvalue weighted by Crippen LogP contribution is 2.49. The second kappa shape index (κ2) is 6.15. The maximum Gasteiger partial charge on any atom is 0.334 e. The molecule has 5 heteroatoms. The van der Waals surface area contributed by atoms with E-state index < -0.39 is 21.4 Å². The number of carbonyl (C=O) groups excluding carboxylic acids is 1. The maximum absolute atomic E-state index is 13.0. The maximum atomic E-state index is 13.0. The summed E-state index contributed by atoms with van der Waals surface area (Å²) >= 11 is 0. The SMILES string of the molecule is C=C(C)C(=O)OC1(CCC)c2ccccc2S(=O)(=O)c2ccccc21. The van der Waals surface area contributed by atoms with Crippen LogP contribution in [0.3, 0.4) is 0 Å². The van der Waals surface area contributed by atoms with E-state index in [2.05, 4.69) is 6.58 Å². The number of hydrogen-bond acceptors (Lipinski definition) is 4. The molecule has 0 aromatic heterocycles. The molecule has 0 radical (unpaired) electrons. The van der Waals surface area contributed by atoms with Gasteiger partial charge in [-0.05, 0) is 25.5 Å². The Labute approximate surface area is 148 Å². The van der Waals surface area contributed by atoms with Crippen molar-refractivity contribution in [3.8, 4) is 0 Å². The van der Waals surface area contributed by atoms with Crippen molar-refractivity contribution in [2.24, 2.45) is 0 Å². The van der Waals surface area contributed by atoms with E-state index in [9.17, 15) is 13.2 Å². The van der Waals surface area contributed by atoms with Gasteiger partial charge < -0.3 is 4.74 Å². The largest absolute Gasteiger partial charge is 0.446 e. The first-order chi connectivity index (χ1) is 11.8. The average Bonchev–Trinajstić information content (AvgIpc) is 2.60. The van der Waals surface area contributed by atoms with Crippen molar-refractivity contribution in [2.45, 2.75) is 42.1 Å². The zero-order chi connectivity index (χ0) is 18.2. The topological polar surface area (TPSA) is 60.4 Å². The molecule has 0 atom stereocenters. The van der Waals surface area contributed by atoms with E-state index in [1.54, 1.807) is 55.5 Å². The highest BCUT2D eigenvalue weighted by molar-refractivity contribution is 7.91. The Balaban J connectivity index is 2.39. The molecule has 0 N–H and O–H groups in total. The van der Waals surface area contributed by atoms with E-state index in [0.717, 1.165) is 0 Å². The Morgan fingerprint density at radius 1 is 1.04 bits per heavy atom. The van der Waals surface area contributed by atoms with Crippen LogP contribution in [0.15, 0.2) is 70.5 Å². The van der Waals surface area contributed by atoms with Crippen LogP contribution in [0.1, 0.15) is 37.8 Å². The van der Waals surface area contributed by atoms with E-state index in [1.165, 1.54) is 0 Å². The molecule has 1 aliphatic rings. The summed E-state index contributed by atoms with van der Waals surface area (Å²) in [5.74, 6) is -0.530. The first-order valence-corrected chi connectivity index (χ1v) is 9.66. The Hall–Kier alpha value is -2.40. The Bertz CT molecular complexity index is 904. The fourth-order valence-electron chi connectivity index (χ4n) is 3.36. The molecule has 3 rings (SSSR count). The lowest BCUT2D eigenvalue weighted by atomic mass is 9.81. The lowest BCUT2D eigenvalue weighted by Crippen LogP contribution is -2.39. The summed E-state index contributed by atoms with van der Waals surface area (Å²) in [7, 11) is -3.66. The Morgan fingerprint density at radius 3 is 1.96 bits per heavy atom. The van der Waals surface area contributed by atoms with Gasteiger partial charge in [-0.15, -0.1) is 0 Å². The van der Waals surface area contributed by atoms with Crippen molar-refractivity contribution in [2.75, 3.05) is 0 Å². The molecule has 0 saturated heterocycles. The summed E-state index contributed by atoms with van der Waals surface area (Å²) in [4.78, 5) is 12.8. The molecule has 1 heterocycles. The number of benzene rings is 2. The van der Waals surface area contributed by atoms with Crippen molar-refractivity contribution >= 4 is 15.8 Å². The van der Waals surface area contributed by atoms with Crippen molar-refractivity contribution in [1.82, 2.24) is 0 Å². The molecule has 0 bridgehead atoms. The quantitative estimate of drug-likeness (QED) is 0.614. The number of rotatable bonds is 4. The van der Waals surface area contributed by atoms with Gasteiger partial charge in [-0.1, -0.05) is 56.3 Å². The first-order valence-electron chi connectivity index (χ1n) is 8.17. The van der Waals surface area contributed by atoms with Gasteiger partial charge in [0.05, 0.1) is 9.79 Å². The molecule has 0 spiro atoms. The fraction of sp³-hybridized carbons (Fsp3) is 0.250. The van der Waals surface area contributed by atoms with Gasteiger partial charge in [-0.25, -0.2) is 13.2 Å². The van der Waals surface area contributed by atoms with Gasteiger partial charge in [0.25, 0.3) is 0 Å². The lowest BCUT2D eigenvalue weighted by molar-refractivity contribution is -0.153. The van der Waals surface area contributed by atoms with Crippen LogP contribution in [0.4, 0.5) is 0 Å². The van der Waals surface area contributed by atoms with Crippen LogP contribution in [-0.2, 0) is 25.0 Å².